The van der Waals surface area contributed by atoms with Crippen LogP contribution >= 0.6 is 24.0 Å². The second-order valence-electron chi connectivity index (χ2n) is 5.74. The highest BCUT2D eigenvalue weighted by Gasteiger charge is 2.30. The summed E-state index contributed by atoms with van der Waals surface area (Å²) in [6.45, 7) is 4.38. The molecular formula is C17H25F3IN3O. The molecule has 1 aliphatic heterocycles. The van der Waals surface area contributed by atoms with Crippen LogP contribution in [0.5, 0.6) is 0 Å². The van der Waals surface area contributed by atoms with E-state index in [-0.39, 0.29) is 30.5 Å². The lowest BCUT2D eigenvalue weighted by Gasteiger charge is -2.14. The zero-order valence-corrected chi connectivity index (χ0v) is 16.6. The number of halogens is 4. The van der Waals surface area contributed by atoms with Crippen molar-refractivity contribution < 1.29 is 17.9 Å². The Kier molecular flexibility index (Phi) is 9.55. The van der Waals surface area contributed by atoms with Crippen molar-refractivity contribution in [1.82, 2.24) is 10.6 Å². The van der Waals surface area contributed by atoms with Gasteiger partial charge in [-0.2, -0.15) is 13.2 Å². The molecule has 0 aromatic heterocycles. The minimum absolute atomic E-state index is 0. The molecule has 2 N–H and O–H groups in total. The van der Waals surface area contributed by atoms with Crippen LogP contribution in [0.3, 0.4) is 0 Å². The van der Waals surface area contributed by atoms with Crippen molar-refractivity contribution >= 4 is 29.9 Å². The first-order valence-corrected chi connectivity index (χ1v) is 8.29. The molecular weight excluding hydrogens is 446 g/mol. The first kappa shape index (κ1) is 22.0. The maximum atomic E-state index is 12.7. The van der Waals surface area contributed by atoms with Gasteiger partial charge in [0.25, 0.3) is 0 Å². The molecule has 0 spiro atoms. The molecule has 0 aliphatic carbocycles. The number of ether oxygens (including phenoxy) is 1. The highest BCUT2D eigenvalue weighted by Crippen LogP contribution is 2.29. The maximum Gasteiger partial charge on any atom is 0.416 e. The van der Waals surface area contributed by atoms with Crippen molar-refractivity contribution in [3.05, 3.63) is 35.4 Å². The maximum absolute atomic E-state index is 12.7. The summed E-state index contributed by atoms with van der Waals surface area (Å²) >= 11 is 0. The molecule has 0 saturated carbocycles. The molecule has 2 rings (SSSR count). The zero-order valence-electron chi connectivity index (χ0n) is 14.2. The lowest BCUT2D eigenvalue weighted by atomic mass is 10.1. The Morgan fingerprint density at radius 1 is 1.32 bits per heavy atom. The van der Waals surface area contributed by atoms with Gasteiger partial charge in [-0.3, -0.25) is 0 Å². The van der Waals surface area contributed by atoms with Gasteiger partial charge >= 0.3 is 6.18 Å². The van der Waals surface area contributed by atoms with Crippen molar-refractivity contribution in [2.24, 2.45) is 4.99 Å². The molecule has 1 aromatic rings. The molecule has 1 aromatic carbocycles. The topological polar surface area (TPSA) is 45.7 Å². The van der Waals surface area contributed by atoms with Crippen LogP contribution in [0.4, 0.5) is 13.2 Å². The summed E-state index contributed by atoms with van der Waals surface area (Å²) in [4.78, 5) is 4.36. The van der Waals surface area contributed by atoms with Gasteiger partial charge in [-0.1, -0.05) is 12.1 Å². The number of aliphatic imine (C=N–C) groups is 1. The summed E-state index contributed by atoms with van der Waals surface area (Å²) in [6, 6.07) is 5.26. The average molecular weight is 471 g/mol. The minimum Gasteiger partial charge on any atom is -0.378 e. The highest BCUT2D eigenvalue weighted by atomic mass is 127. The van der Waals surface area contributed by atoms with Crippen molar-refractivity contribution in [2.45, 2.75) is 45.0 Å². The summed E-state index contributed by atoms with van der Waals surface area (Å²) in [5.74, 6) is 0.605. The van der Waals surface area contributed by atoms with Gasteiger partial charge in [0.05, 0.1) is 18.2 Å². The number of nitrogens with zero attached hydrogens (tertiary/aromatic N) is 1. The number of benzene rings is 1. The van der Waals surface area contributed by atoms with Gasteiger partial charge in [-0.25, -0.2) is 4.99 Å². The smallest absolute Gasteiger partial charge is 0.378 e. The van der Waals surface area contributed by atoms with Crippen molar-refractivity contribution in [3.8, 4) is 0 Å². The minimum atomic E-state index is -4.33. The third-order valence-corrected chi connectivity index (χ3v) is 3.80. The van der Waals surface area contributed by atoms with Crippen LogP contribution in [0.2, 0.25) is 0 Å². The fourth-order valence-corrected chi connectivity index (χ4v) is 2.58. The van der Waals surface area contributed by atoms with Gasteiger partial charge in [0, 0.05) is 19.7 Å². The highest BCUT2D eigenvalue weighted by molar-refractivity contribution is 14.0. The lowest BCUT2D eigenvalue weighted by molar-refractivity contribution is -0.137. The van der Waals surface area contributed by atoms with E-state index >= 15 is 0 Å². The summed E-state index contributed by atoms with van der Waals surface area (Å²) in [7, 11) is 0. The van der Waals surface area contributed by atoms with Crippen LogP contribution in [-0.4, -0.2) is 31.8 Å². The Morgan fingerprint density at radius 2 is 2.12 bits per heavy atom. The van der Waals surface area contributed by atoms with Crippen LogP contribution in [0.15, 0.2) is 29.3 Å². The summed E-state index contributed by atoms with van der Waals surface area (Å²) in [5, 5.41) is 6.30. The number of guanidine groups is 1. The zero-order chi connectivity index (χ0) is 17.4. The molecule has 1 unspecified atom stereocenters. The lowest BCUT2D eigenvalue weighted by Crippen LogP contribution is -2.38. The average Bonchev–Trinajstić information content (AvgIpc) is 3.05. The first-order valence-electron chi connectivity index (χ1n) is 8.29. The monoisotopic (exact) mass is 471 g/mol. The van der Waals surface area contributed by atoms with E-state index < -0.39 is 11.7 Å². The Labute approximate surface area is 163 Å². The van der Waals surface area contributed by atoms with Crippen molar-refractivity contribution in [2.75, 3.05) is 19.7 Å². The Bertz CT molecular complexity index is 546. The molecule has 0 radical (unpaired) electrons. The van der Waals surface area contributed by atoms with Crippen LogP contribution < -0.4 is 10.6 Å². The SMILES string of the molecule is CCNC(=NCc1cccc(C(F)(F)F)c1)NCCC1CCCO1.I. The first-order chi connectivity index (χ1) is 11.5. The molecule has 1 fully saturated rings. The molecule has 8 heteroatoms. The van der Waals surface area contributed by atoms with Gasteiger partial charge in [0.1, 0.15) is 0 Å². The van der Waals surface area contributed by atoms with E-state index in [9.17, 15) is 13.2 Å². The summed E-state index contributed by atoms with van der Waals surface area (Å²) < 4.78 is 43.8. The van der Waals surface area contributed by atoms with Crippen LogP contribution in [0.1, 0.15) is 37.3 Å². The second kappa shape index (κ2) is 10.8. The molecule has 1 heterocycles. The number of rotatable bonds is 6. The molecule has 1 atom stereocenters. The van der Waals surface area contributed by atoms with Gasteiger partial charge in [0.15, 0.2) is 5.96 Å². The van der Waals surface area contributed by atoms with E-state index in [0.717, 1.165) is 44.5 Å². The quantitative estimate of drug-likeness (QED) is 0.376. The molecule has 0 bridgehead atoms. The molecule has 142 valence electrons. The molecule has 25 heavy (non-hydrogen) atoms. The van der Waals surface area contributed by atoms with Crippen LogP contribution in [-0.2, 0) is 17.5 Å². The Morgan fingerprint density at radius 3 is 2.76 bits per heavy atom. The third kappa shape index (κ3) is 7.81. The van der Waals surface area contributed by atoms with E-state index in [1.165, 1.54) is 6.07 Å². The molecule has 0 amide bonds. The standard InChI is InChI=1S/C17H24F3N3O.HI/c1-2-21-16(22-9-8-15-7-4-10-24-15)23-12-13-5-3-6-14(11-13)17(18,19)20;/h3,5-6,11,15H,2,4,7-10,12H2,1H3,(H2,21,22,23);1H. The number of nitrogens with one attached hydrogen (secondary N) is 2. The number of hydrogen-bond donors (Lipinski definition) is 2. The van der Waals surface area contributed by atoms with E-state index in [0.29, 0.717) is 24.2 Å². The van der Waals surface area contributed by atoms with Gasteiger partial charge in [0.2, 0.25) is 0 Å². The van der Waals surface area contributed by atoms with Crippen LogP contribution in [0, 0.1) is 0 Å². The van der Waals surface area contributed by atoms with E-state index in [2.05, 4.69) is 15.6 Å². The number of alkyl halides is 3. The van der Waals surface area contributed by atoms with E-state index in [1.54, 1.807) is 6.07 Å². The largest absolute Gasteiger partial charge is 0.416 e. The van der Waals surface area contributed by atoms with Crippen molar-refractivity contribution in [1.29, 1.82) is 0 Å². The fraction of sp³-hybridized carbons (Fsp3) is 0.588. The van der Waals surface area contributed by atoms with Gasteiger partial charge in [-0.15, -0.1) is 24.0 Å². The summed E-state index contributed by atoms with van der Waals surface area (Å²) in [5.41, 5.74) is -0.118. The molecule has 1 aliphatic rings. The molecule has 1 saturated heterocycles. The second-order valence-corrected chi connectivity index (χ2v) is 5.74. The molecule has 4 nitrogen and oxygen atoms in total. The predicted molar refractivity (Wildman–Crippen MR) is 103 cm³/mol. The third-order valence-electron chi connectivity index (χ3n) is 3.80. The van der Waals surface area contributed by atoms with Gasteiger partial charge < -0.3 is 15.4 Å². The summed E-state index contributed by atoms with van der Waals surface area (Å²) in [6.07, 6.45) is -0.949. The van der Waals surface area contributed by atoms with Gasteiger partial charge in [-0.05, 0) is 43.9 Å². The fourth-order valence-electron chi connectivity index (χ4n) is 2.58. The van der Waals surface area contributed by atoms with E-state index in [1.807, 2.05) is 6.92 Å². The van der Waals surface area contributed by atoms with E-state index in [4.69, 9.17) is 4.74 Å². The number of hydrogen-bond acceptors (Lipinski definition) is 2. The van der Waals surface area contributed by atoms with Crippen molar-refractivity contribution in [3.63, 3.8) is 0 Å². The Hall–Kier alpha value is -1.03. The normalized spacial score (nSPS) is 17.9. The predicted octanol–water partition coefficient (Wildman–Crippen LogP) is 3.95. The Balaban J connectivity index is 0.00000312. The van der Waals surface area contributed by atoms with Crippen LogP contribution in [0.25, 0.3) is 0 Å².